The van der Waals surface area contributed by atoms with E-state index in [2.05, 4.69) is 0 Å². The molecule has 0 bridgehead atoms. The van der Waals surface area contributed by atoms with E-state index < -0.39 is 102 Å². The fourth-order valence-corrected chi connectivity index (χ4v) is 3.29. The number of alkyl halides is 29. The van der Waals surface area contributed by atoms with E-state index in [1.165, 1.54) is 0 Å². The molecule has 2 nitrogen and oxygen atoms in total. The van der Waals surface area contributed by atoms with E-state index in [9.17, 15) is 127 Å². The number of aliphatic hydroxyl groups excluding tert-OH is 1. The van der Waals surface area contributed by atoms with Gasteiger partial charge in [-0.15, -0.1) is 0 Å². The van der Waals surface area contributed by atoms with E-state index in [0.29, 0.717) is 4.90 Å². The van der Waals surface area contributed by atoms with Crippen LogP contribution in [0, 0.1) is 0 Å². The van der Waals surface area contributed by atoms with Crippen LogP contribution in [-0.2, 0) is 0 Å². The van der Waals surface area contributed by atoms with Crippen molar-refractivity contribution in [3.05, 3.63) is 0 Å². The first-order chi connectivity index (χ1) is 21.1. The lowest BCUT2D eigenvalue weighted by molar-refractivity contribution is -0.487. The Morgan fingerprint density at radius 1 is 0.340 bits per heavy atom. The third-order valence-corrected chi connectivity index (χ3v) is 6.22. The van der Waals surface area contributed by atoms with Crippen LogP contribution in [0.1, 0.15) is 6.42 Å². The summed E-state index contributed by atoms with van der Waals surface area (Å²) in [7, 11) is 1.56. The SMILES string of the molecule is CN(C)CC(O)CC(F)(F)C(F)(F)C(F)(F)C(F)(F)C(F)(F)C(F)(F)C(F)(F)C(F)(F)C(F)(F)C(F)(F)C(F)(F)C(F)(F)C(F)(F)C(F)(F)F. The van der Waals surface area contributed by atoms with E-state index in [-0.39, 0.29) is 0 Å². The molecule has 0 heterocycles. The molecular weight excluding hydrogens is 809 g/mol. The molecule has 31 heteroatoms. The van der Waals surface area contributed by atoms with Crippen LogP contribution in [0.25, 0.3) is 0 Å². The predicted octanol–water partition coefficient (Wildman–Crippen LogP) is 9.12. The highest BCUT2D eigenvalue weighted by Gasteiger charge is 3.00. The molecule has 0 aliphatic rings. The highest BCUT2D eigenvalue weighted by Crippen LogP contribution is 2.69. The summed E-state index contributed by atoms with van der Waals surface area (Å²) in [6, 6.07) is 0. The van der Waals surface area contributed by atoms with Crippen molar-refractivity contribution in [2.75, 3.05) is 20.6 Å². The summed E-state index contributed by atoms with van der Waals surface area (Å²) in [5, 5.41) is 9.14. The maximum absolute atomic E-state index is 13.9. The molecule has 0 aliphatic carbocycles. The highest BCUT2D eigenvalue weighted by atomic mass is 19.4. The zero-order chi connectivity index (χ0) is 41.6. The van der Waals surface area contributed by atoms with Crippen LogP contribution >= 0.6 is 0 Å². The number of nitrogens with zero attached hydrogens (tertiary/aromatic N) is 1. The Balaban J connectivity index is 7.46. The van der Waals surface area contributed by atoms with Crippen LogP contribution < -0.4 is 0 Å². The lowest BCUT2D eigenvalue weighted by Gasteiger charge is -2.46. The number of rotatable bonds is 16. The van der Waals surface area contributed by atoms with Gasteiger partial charge in [-0.3, -0.25) is 0 Å². The van der Waals surface area contributed by atoms with Gasteiger partial charge in [-0.2, -0.15) is 127 Å². The van der Waals surface area contributed by atoms with E-state index >= 15 is 0 Å². The largest absolute Gasteiger partial charge is 0.460 e. The zero-order valence-electron chi connectivity index (χ0n) is 22.8. The van der Waals surface area contributed by atoms with Crippen molar-refractivity contribution in [2.24, 2.45) is 0 Å². The van der Waals surface area contributed by atoms with Crippen molar-refractivity contribution in [1.82, 2.24) is 4.90 Å². The van der Waals surface area contributed by atoms with Gasteiger partial charge in [-0.1, -0.05) is 0 Å². The van der Waals surface area contributed by atoms with Gasteiger partial charge >= 0.3 is 83.2 Å². The second-order valence-electron chi connectivity index (χ2n) is 10.2. The summed E-state index contributed by atoms with van der Waals surface area (Å²) in [6.45, 7) is -1.33. The minimum Gasteiger partial charge on any atom is -0.392 e. The molecule has 0 aromatic rings. The average molecular weight is 821 g/mol. The molecule has 0 saturated carbocycles. The van der Waals surface area contributed by atoms with Crippen LogP contribution in [0.3, 0.4) is 0 Å². The third-order valence-electron chi connectivity index (χ3n) is 6.22. The maximum Gasteiger partial charge on any atom is 0.460 e. The fourth-order valence-electron chi connectivity index (χ4n) is 3.29. The van der Waals surface area contributed by atoms with Crippen LogP contribution in [0.4, 0.5) is 127 Å². The van der Waals surface area contributed by atoms with Crippen molar-refractivity contribution in [3.8, 4) is 0 Å². The summed E-state index contributed by atoms with van der Waals surface area (Å²) in [4.78, 5) is 0.529. The summed E-state index contributed by atoms with van der Waals surface area (Å²) in [5.74, 6) is -121. The van der Waals surface area contributed by atoms with E-state index in [0.717, 1.165) is 14.1 Å². The molecule has 0 radical (unpaired) electrons. The first kappa shape index (κ1) is 47.9. The molecule has 0 saturated heterocycles. The van der Waals surface area contributed by atoms with Gasteiger partial charge in [0.25, 0.3) is 0 Å². The van der Waals surface area contributed by atoms with Crippen molar-refractivity contribution in [3.63, 3.8) is 0 Å². The van der Waals surface area contributed by atoms with Crippen molar-refractivity contribution in [1.29, 1.82) is 0 Å². The molecule has 0 aromatic heterocycles. The number of hydrogen-bond acceptors (Lipinski definition) is 2. The third kappa shape index (κ3) is 6.02. The van der Waals surface area contributed by atoms with Gasteiger partial charge in [-0.25, -0.2) is 0 Å². The fraction of sp³-hybridized carbons (Fsp3) is 1.00. The predicted molar refractivity (Wildman–Crippen MR) is 99.5 cm³/mol. The average Bonchev–Trinajstić information content (AvgIpc) is 2.85. The highest BCUT2D eigenvalue weighted by molar-refractivity contribution is 5.21. The Kier molecular flexibility index (Phi) is 11.7. The number of halogens is 29. The van der Waals surface area contributed by atoms with E-state index in [1.54, 1.807) is 0 Å². The maximum atomic E-state index is 13.9. The molecule has 0 aromatic carbocycles. The summed E-state index contributed by atoms with van der Waals surface area (Å²) in [5.41, 5.74) is 0. The Morgan fingerprint density at radius 3 is 0.700 bits per heavy atom. The molecule has 302 valence electrons. The minimum atomic E-state index is -9.95. The Labute approximate surface area is 255 Å². The van der Waals surface area contributed by atoms with Crippen molar-refractivity contribution < 1.29 is 132 Å². The standard InChI is InChI=1S/C19H12F29NO/c1-49(2)4-5(50)3-6(20,21)7(22,23)8(24,25)9(26,27)10(28,29)11(30,31)12(32,33)13(34,35)14(36,37)15(38,39)16(40,41)17(42,43)18(44,45)19(46,47)48/h5,50H,3-4H2,1-2H3. The van der Waals surface area contributed by atoms with Gasteiger partial charge < -0.3 is 10.0 Å². The van der Waals surface area contributed by atoms with Crippen LogP contribution in [0.15, 0.2) is 0 Å². The van der Waals surface area contributed by atoms with Gasteiger partial charge in [-0.05, 0) is 14.1 Å². The minimum absolute atomic E-state index is 0.529. The first-order valence-electron chi connectivity index (χ1n) is 11.4. The van der Waals surface area contributed by atoms with Crippen molar-refractivity contribution >= 4 is 0 Å². The molecule has 0 aliphatic heterocycles. The number of hydrogen-bond donors (Lipinski definition) is 1. The van der Waals surface area contributed by atoms with Gasteiger partial charge in [0.05, 0.1) is 6.10 Å². The molecule has 1 atom stereocenters. The molecule has 1 N–H and O–H groups in total. The van der Waals surface area contributed by atoms with Crippen LogP contribution in [-0.4, -0.2) is 120 Å². The first-order valence-corrected chi connectivity index (χ1v) is 11.4. The Hall–Kier alpha value is -2.11. The lowest BCUT2D eigenvalue weighted by atomic mass is 9.83. The molecule has 0 rings (SSSR count). The zero-order valence-corrected chi connectivity index (χ0v) is 22.8. The molecule has 1 unspecified atom stereocenters. The molecular formula is C19H12F29NO. The van der Waals surface area contributed by atoms with Gasteiger partial charge in [0.15, 0.2) is 0 Å². The number of likely N-dealkylation sites (N-methyl/N-ethyl adjacent to an activating group) is 1. The van der Waals surface area contributed by atoms with E-state index in [1.807, 2.05) is 0 Å². The summed E-state index contributed by atoms with van der Waals surface area (Å²) >= 11 is 0. The van der Waals surface area contributed by atoms with Crippen LogP contribution in [0.2, 0.25) is 0 Å². The normalized spacial score (nSPS) is 17.5. The molecule has 0 spiro atoms. The lowest BCUT2D eigenvalue weighted by Crippen LogP contribution is -2.79. The quantitative estimate of drug-likeness (QED) is 0.157. The van der Waals surface area contributed by atoms with Crippen LogP contribution in [0.5, 0.6) is 0 Å². The molecule has 0 fully saturated rings. The van der Waals surface area contributed by atoms with Gasteiger partial charge in [0, 0.05) is 13.0 Å². The van der Waals surface area contributed by atoms with E-state index in [4.69, 9.17) is 5.11 Å². The van der Waals surface area contributed by atoms with Gasteiger partial charge in [0.1, 0.15) is 0 Å². The second kappa shape index (κ2) is 12.2. The topological polar surface area (TPSA) is 23.5 Å². The van der Waals surface area contributed by atoms with Gasteiger partial charge in [0.2, 0.25) is 0 Å². The number of aliphatic hydroxyl groups is 1. The monoisotopic (exact) mass is 821 g/mol. The summed E-state index contributed by atoms with van der Waals surface area (Å²) < 4.78 is 391. The Bertz CT molecular complexity index is 1200. The Morgan fingerprint density at radius 2 is 0.520 bits per heavy atom. The summed E-state index contributed by atoms with van der Waals surface area (Å²) in [6.07, 6.45) is -14.6. The molecule has 50 heavy (non-hydrogen) atoms. The van der Waals surface area contributed by atoms with Crippen molar-refractivity contribution in [2.45, 2.75) is 95.7 Å². The molecule has 0 amide bonds. The smallest absolute Gasteiger partial charge is 0.392 e. The second-order valence-corrected chi connectivity index (χ2v) is 10.2.